The van der Waals surface area contributed by atoms with E-state index in [2.05, 4.69) is 5.32 Å². The molecule has 0 radical (unpaired) electrons. The van der Waals surface area contributed by atoms with Crippen molar-refractivity contribution < 1.29 is 29.6 Å². The number of hydrogen-bond donors (Lipinski definition) is 2. The van der Waals surface area contributed by atoms with Gasteiger partial charge in [-0.1, -0.05) is 19.4 Å². The highest BCUT2D eigenvalue weighted by Gasteiger charge is 2.74. The minimum absolute atomic E-state index is 0.166. The van der Waals surface area contributed by atoms with Crippen molar-refractivity contribution in [2.75, 3.05) is 11.9 Å². The average molecular weight is 413 g/mol. The first-order chi connectivity index (χ1) is 14.2. The first-order valence-corrected chi connectivity index (χ1v) is 10.6. The Labute approximate surface area is 175 Å². The van der Waals surface area contributed by atoms with Gasteiger partial charge < -0.3 is 20.5 Å². The molecule has 8 nitrogen and oxygen atoms in total. The van der Waals surface area contributed by atoms with Crippen molar-refractivity contribution in [1.29, 1.82) is 0 Å². The summed E-state index contributed by atoms with van der Waals surface area (Å²) in [6.07, 6.45) is 1.47. The van der Waals surface area contributed by atoms with Crippen LogP contribution in [0.3, 0.4) is 0 Å². The summed E-state index contributed by atoms with van der Waals surface area (Å²) in [5.41, 5.74) is 2.11. The maximum Gasteiger partial charge on any atom is 0.291 e. The Morgan fingerprint density at radius 3 is 2.63 bits per heavy atom. The highest BCUT2D eigenvalue weighted by molar-refractivity contribution is 6.14. The quantitative estimate of drug-likeness (QED) is 0.599. The molecule has 3 amide bonds. The molecule has 0 saturated carbocycles. The van der Waals surface area contributed by atoms with Crippen LogP contribution >= 0.6 is 0 Å². The molecule has 0 unspecified atom stereocenters. The molecule has 8 heteroatoms. The standard InChI is InChI=1S/C22H27N3O5/c1-4-5-10-25-19(28)16-14(8-9-15(26)27)24-22(17(16)20(25)29)13-7-6-11(2)12(3)18(13)23-21(22)30/h6-7,14,16-17,24H,4-5,8-10H2,1-3H3,(H,23,30)(H,26,27)/t14-,16+,17-,22-/m0/s1. The molecular formula is C22H27N3O5. The van der Waals surface area contributed by atoms with Crippen molar-refractivity contribution in [2.45, 2.75) is 58.0 Å². The topological polar surface area (TPSA) is 123 Å². The van der Waals surface area contributed by atoms with E-state index >= 15 is 0 Å². The number of fused-ring (bicyclic) bond motifs is 4. The summed E-state index contributed by atoms with van der Waals surface area (Å²) >= 11 is 0. The van der Waals surface area contributed by atoms with Gasteiger partial charge in [0.1, 0.15) is 17.9 Å². The van der Waals surface area contributed by atoms with E-state index < -0.39 is 29.4 Å². The fourth-order valence-electron chi connectivity index (χ4n) is 5.43. The number of carbonyl (C=O) groups excluding carboxylic acids is 4. The van der Waals surface area contributed by atoms with E-state index in [0.717, 1.165) is 17.5 Å². The lowest BCUT2D eigenvalue weighted by molar-refractivity contribution is -0.734. The molecule has 0 aliphatic carbocycles. The van der Waals surface area contributed by atoms with Crippen LogP contribution in [0.4, 0.5) is 5.69 Å². The van der Waals surface area contributed by atoms with Crippen LogP contribution in [-0.2, 0) is 24.7 Å². The number of nitrogens with zero attached hydrogens (tertiary/aromatic N) is 1. The number of nitrogens with one attached hydrogen (secondary N) is 1. The second kappa shape index (κ2) is 7.19. The lowest BCUT2D eigenvalue weighted by Gasteiger charge is -2.26. The first kappa shape index (κ1) is 20.5. The van der Waals surface area contributed by atoms with Crippen LogP contribution in [0.25, 0.3) is 0 Å². The Hall–Kier alpha value is -2.74. The number of carboxylic acids is 1. The zero-order valence-electron chi connectivity index (χ0n) is 17.5. The molecule has 0 bridgehead atoms. The van der Waals surface area contributed by atoms with E-state index in [1.165, 1.54) is 4.90 Å². The van der Waals surface area contributed by atoms with Gasteiger partial charge in [0.05, 0.1) is 5.69 Å². The third-order valence-electron chi connectivity index (χ3n) is 7.08. The minimum Gasteiger partial charge on any atom is -0.550 e. The number of unbranched alkanes of at least 4 members (excludes halogenated alkanes) is 1. The van der Waals surface area contributed by atoms with Gasteiger partial charge in [-0.05, 0) is 43.9 Å². The number of amides is 3. The van der Waals surface area contributed by atoms with Gasteiger partial charge in [-0.3, -0.25) is 19.3 Å². The Morgan fingerprint density at radius 2 is 1.97 bits per heavy atom. The van der Waals surface area contributed by atoms with Crippen LogP contribution in [0.2, 0.25) is 0 Å². The van der Waals surface area contributed by atoms with E-state index in [-0.39, 0.29) is 30.6 Å². The van der Waals surface area contributed by atoms with E-state index in [0.29, 0.717) is 24.2 Å². The molecule has 3 heterocycles. The largest absolute Gasteiger partial charge is 0.550 e. The van der Waals surface area contributed by atoms with Crippen LogP contribution in [0.15, 0.2) is 12.1 Å². The molecule has 1 aromatic rings. The molecule has 160 valence electrons. The van der Waals surface area contributed by atoms with Crippen molar-refractivity contribution in [3.8, 4) is 0 Å². The number of carboxylic acid groups (broad SMARTS) is 1. The highest BCUT2D eigenvalue weighted by atomic mass is 16.4. The maximum absolute atomic E-state index is 13.4. The number of nitrogens with two attached hydrogens (primary N) is 1. The Balaban J connectivity index is 1.83. The molecule has 2 saturated heterocycles. The zero-order valence-corrected chi connectivity index (χ0v) is 17.5. The summed E-state index contributed by atoms with van der Waals surface area (Å²) in [6, 6.07) is 3.30. The SMILES string of the molecule is CCCCN1C(=O)[C@@H]2[C@H](CCC(=O)[O-])[NH2+][C@]3(C(=O)Nc4c3ccc(C)c4C)[C@@H]2C1=O. The molecule has 4 rings (SSSR count). The van der Waals surface area contributed by atoms with Crippen molar-refractivity contribution >= 4 is 29.4 Å². The van der Waals surface area contributed by atoms with Crippen molar-refractivity contribution in [2.24, 2.45) is 11.8 Å². The predicted octanol–water partition coefficient (Wildman–Crippen LogP) is -0.672. The van der Waals surface area contributed by atoms with Crippen LogP contribution < -0.4 is 15.7 Å². The number of aryl methyl sites for hydroxylation is 1. The summed E-state index contributed by atoms with van der Waals surface area (Å²) < 4.78 is 0. The van der Waals surface area contributed by atoms with Gasteiger partial charge in [-0.25, -0.2) is 0 Å². The predicted molar refractivity (Wildman–Crippen MR) is 105 cm³/mol. The van der Waals surface area contributed by atoms with Crippen LogP contribution in [0.5, 0.6) is 0 Å². The number of aliphatic carboxylic acids is 1. The number of benzene rings is 1. The van der Waals surface area contributed by atoms with Gasteiger partial charge in [0.15, 0.2) is 0 Å². The molecule has 3 aliphatic heterocycles. The van der Waals surface area contributed by atoms with Crippen LogP contribution in [0, 0.1) is 25.7 Å². The van der Waals surface area contributed by atoms with E-state index in [1.54, 1.807) is 5.32 Å². The van der Waals surface area contributed by atoms with Crippen molar-refractivity contribution in [1.82, 2.24) is 4.90 Å². The lowest BCUT2D eigenvalue weighted by Crippen LogP contribution is -2.99. The number of imide groups is 1. The van der Waals surface area contributed by atoms with Crippen LogP contribution in [0.1, 0.15) is 49.3 Å². The fraction of sp³-hybridized carbons (Fsp3) is 0.545. The van der Waals surface area contributed by atoms with E-state index in [1.807, 2.05) is 32.9 Å². The number of rotatable bonds is 6. The zero-order chi connectivity index (χ0) is 21.8. The number of likely N-dealkylation sites (tertiary alicyclic amines) is 1. The molecule has 30 heavy (non-hydrogen) atoms. The summed E-state index contributed by atoms with van der Waals surface area (Å²) in [5, 5.41) is 15.8. The smallest absolute Gasteiger partial charge is 0.291 e. The lowest BCUT2D eigenvalue weighted by atomic mass is 9.76. The fourth-order valence-corrected chi connectivity index (χ4v) is 5.43. The van der Waals surface area contributed by atoms with Gasteiger partial charge >= 0.3 is 0 Å². The summed E-state index contributed by atoms with van der Waals surface area (Å²) in [5.74, 6) is -3.69. The second-order valence-corrected chi connectivity index (χ2v) is 8.68. The normalized spacial score (nSPS) is 29.5. The van der Waals surface area contributed by atoms with Gasteiger partial charge in [-0.15, -0.1) is 0 Å². The number of anilines is 1. The summed E-state index contributed by atoms with van der Waals surface area (Å²) in [6.45, 7) is 6.18. The molecule has 3 aliphatic rings. The highest BCUT2D eigenvalue weighted by Crippen LogP contribution is 2.50. The number of carbonyl (C=O) groups is 4. The van der Waals surface area contributed by atoms with E-state index in [9.17, 15) is 24.3 Å². The van der Waals surface area contributed by atoms with Gasteiger partial charge in [0, 0.05) is 24.5 Å². The Morgan fingerprint density at radius 1 is 1.23 bits per heavy atom. The second-order valence-electron chi connectivity index (χ2n) is 8.68. The first-order valence-electron chi connectivity index (χ1n) is 10.6. The van der Waals surface area contributed by atoms with Gasteiger partial charge in [0.25, 0.3) is 5.91 Å². The maximum atomic E-state index is 13.4. The third kappa shape index (κ3) is 2.70. The minimum atomic E-state index is -1.25. The Kier molecular flexibility index (Phi) is 4.92. The van der Waals surface area contributed by atoms with Gasteiger partial charge in [-0.2, -0.15) is 0 Å². The summed E-state index contributed by atoms with van der Waals surface area (Å²) in [7, 11) is 0. The van der Waals surface area contributed by atoms with E-state index in [4.69, 9.17) is 0 Å². The molecule has 1 spiro atoms. The number of hydrogen-bond acceptors (Lipinski definition) is 5. The van der Waals surface area contributed by atoms with Crippen molar-refractivity contribution in [3.05, 3.63) is 28.8 Å². The number of quaternary nitrogens is 1. The monoisotopic (exact) mass is 413 g/mol. The molecule has 3 N–H and O–H groups in total. The van der Waals surface area contributed by atoms with Crippen molar-refractivity contribution in [3.63, 3.8) is 0 Å². The average Bonchev–Trinajstić information content (AvgIpc) is 3.27. The molecule has 4 atom stereocenters. The summed E-state index contributed by atoms with van der Waals surface area (Å²) in [4.78, 5) is 52.4. The molecule has 0 aromatic heterocycles. The Bertz CT molecular complexity index is 958. The third-order valence-corrected chi connectivity index (χ3v) is 7.08. The van der Waals surface area contributed by atoms with Crippen LogP contribution in [-0.4, -0.2) is 41.2 Å². The molecule has 2 fully saturated rings. The van der Waals surface area contributed by atoms with Gasteiger partial charge in [0.2, 0.25) is 17.4 Å². The molecule has 1 aromatic carbocycles. The molecular weight excluding hydrogens is 386 g/mol.